The van der Waals surface area contributed by atoms with Crippen LogP contribution in [0.25, 0.3) is 0 Å². The van der Waals surface area contributed by atoms with E-state index < -0.39 is 6.04 Å². The first-order valence-corrected chi connectivity index (χ1v) is 12.3. The maximum atomic E-state index is 13.4. The minimum absolute atomic E-state index is 0.00420. The normalized spacial score (nSPS) is 17.1. The Morgan fingerprint density at radius 1 is 0.865 bits per heavy atom. The van der Waals surface area contributed by atoms with Crippen molar-refractivity contribution in [1.82, 2.24) is 19.9 Å². The second-order valence-electron chi connectivity index (χ2n) is 9.26. The third-order valence-electron chi connectivity index (χ3n) is 6.54. The number of aromatic nitrogens is 3. The van der Waals surface area contributed by atoms with Gasteiger partial charge in [0.2, 0.25) is 5.91 Å². The van der Waals surface area contributed by atoms with Gasteiger partial charge in [-0.1, -0.05) is 42.5 Å². The van der Waals surface area contributed by atoms with Crippen LogP contribution in [0.2, 0.25) is 0 Å². The number of carbonyl (C=O) groups is 2. The van der Waals surface area contributed by atoms with Crippen molar-refractivity contribution in [2.45, 2.75) is 31.8 Å². The summed E-state index contributed by atoms with van der Waals surface area (Å²) in [6.07, 6.45) is 4.70. The fourth-order valence-corrected chi connectivity index (χ4v) is 4.77. The number of hydrogen-bond donors (Lipinski definition) is 0. The number of ether oxygens (including phenoxy) is 1. The van der Waals surface area contributed by atoms with E-state index >= 15 is 0 Å². The number of halogens is 1. The minimum atomic E-state index is -0.494. The third-order valence-corrected chi connectivity index (χ3v) is 6.54. The summed E-state index contributed by atoms with van der Waals surface area (Å²) in [5.41, 5.74) is 2.03. The van der Waals surface area contributed by atoms with Gasteiger partial charge in [-0.2, -0.15) is 15.0 Å². The molecule has 2 heterocycles. The predicted molar refractivity (Wildman–Crippen MR) is 135 cm³/mol. The van der Waals surface area contributed by atoms with Crippen LogP contribution in [0.1, 0.15) is 17.5 Å². The second kappa shape index (κ2) is 11.2. The molecule has 8 heteroatoms. The van der Waals surface area contributed by atoms with Crippen LogP contribution in [-0.4, -0.2) is 44.2 Å². The molecule has 37 heavy (non-hydrogen) atoms. The lowest BCUT2D eigenvalue weighted by atomic mass is 9.94. The Labute approximate surface area is 214 Å². The fraction of sp³-hybridized carbons (Fsp3) is 0.241. The molecule has 0 N–H and O–H groups in total. The van der Waals surface area contributed by atoms with Crippen molar-refractivity contribution in [3.05, 3.63) is 108 Å². The highest BCUT2D eigenvalue weighted by molar-refractivity contribution is 5.91. The van der Waals surface area contributed by atoms with Crippen molar-refractivity contribution < 1.29 is 18.7 Å². The zero-order valence-corrected chi connectivity index (χ0v) is 20.2. The van der Waals surface area contributed by atoms with Crippen molar-refractivity contribution in [2.75, 3.05) is 6.54 Å². The summed E-state index contributed by atoms with van der Waals surface area (Å²) >= 11 is 0. The summed E-state index contributed by atoms with van der Waals surface area (Å²) in [6.45, 7) is 0.528. The fourth-order valence-electron chi connectivity index (χ4n) is 4.77. The molecule has 2 atom stereocenters. The van der Waals surface area contributed by atoms with Crippen molar-refractivity contribution >= 4 is 11.7 Å². The van der Waals surface area contributed by atoms with Gasteiger partial charge >= 0.3 is 0 Å². The Kier molecular flexibility index (Phi) is 7.35. The number of Topliss-reactive ketones (excluding diaryl/α,β-unsaturated/α-hetero) is 1. The van der Waals surface area contributed by atoms with E-state index in [0.29, 0.717) is 24.5 Å². The lowest BCUT2D eigenvalue weighted by molar-refractivity contribution is -0.138. The molecule has 5 rings (SSSR count). The number of ketones is 1. The van der Waals surface area contributed by atoms with Gasteiger partial charge < -0.3 is 9.64 Å². The minimum Gasteiger partial charge on any atom is -0.457 e. The maximum absolute atomic E-state index is 13.4. The molecule has 0 aliphatic carbocycles. The number of nitrogens with zero attached hydrogens (tertiary/aromatic N) is 4. The molecule has 0 saturated carbocycles. The largest absolute Gasteiger partial charge is 0.457 e. The van der Waals surface area contributed by atoms with Gasteiger partial charge in [-0.3, -0.25) is 9.59 Å². The van der Waals surface area contributed by atoms with Gasteiger partial charge in [0, 0.05) is 13.0 Å². The van der Waals surface area contributed by atoms with E-state index in [9.17, 15) is 14.0 Å². The van der Waals surface area contributed by atoms with Crippen molar-refractivity contribution in [1.29, 1.82) is 0 Å². The zero-order chi connectivity index (χ0) is 25.6. The molecule has 1 saturated heterocycles. The summed E-state index contributed by atoms with van der Waals surface area (Å²) in [7, 11) is 0. The first-order valence-electron chi connectivity index (χ1n) is 12.3. The van der Waals surface area contributed by atoms with E-state index in [0.717, 1.165) is 12.0 Å². The summed E-state index contributed by atoms with van der Waals surface area (Å²) in [5.74, 6) is 0.833. The lowest BCUT2D eigenvalue weighted by Crippen LogP contribution is -2.43. The van der Waals surface area contributed by atoms with Crippen LogP contribution in [0.3, 0.4) is 0 Å². The Bertz CT molecular complexity index is 1330. The number of likely N-dealkylation sites (tertiary alicyclic amines) is 1. The number of carbonyl (C=O) groups excluding carboxylic acids is 2. The van der Waals surface area contributed by atoms with Crippen LogP contribution in [0.4, 0.5) is 4.39 Å². The van der Waals surface area contributed by atoms with E-state index in [1.807, 2.05) is 30.3 Å². The van der Waals surface area contributed by atoms with E-state index in [-0.39, 0.29) is 36.4 Å². The Balaban J connectivity index is 1.26. The summed E-state index contributed by atoms with van der Waals surface area (Å²) in [4.78, 5) is 29.6. The monoisotopic (exact) mass is 498 g/mol. The standard InChI is InChI=1S/C29H27FN4O3/c30-24-8-12-26(13-9-24)37-25-10-6-22(7-11-25)18-28(35)27-17-23(16-21-4-2-1-3-5-21)19-33(27)29(36)20-34-31-14-15-32-34/h1-15,23,27H,16-20H2/t23-,27+/m1/s1. The quantitative estimate of drug-likeness (QED) is 0.340. The van der Waals surface area contributed by atoms with Crippen LogP contribution in [-0.2, 0) is 29.0 Å². The van der Waals surface area contributed by atoms with E-state index in [1.165, 1.54) is 34.9 Å². The van der Waals surface area contributed by atoms with Gasteiger partial charge in [0.05, 0.1) is 18.4 Å². The zero-order valence-electron chi connectivity index (χ0n) is 20.2. The highest BCUT2D eigenvalue weighted by atomic mass is 19.1. The van der Waals surface area contributed by atoms with Gasteiger partial charge in [0.1, 0.15) is 23.9 Å². The van der Waals surface area contributed by atoms with Gasteiger partial charge in [-0.15, -0.1) is 0 Å². The highest BCUT2D eigenvalue weighted by Crippen LogP contribution is 2.29. The molecule has 1 aliphatic heterocycles. The van der Waals surface area contributed by atoms with Crippen LogP contribution in [0.5, 0.6) is 11.5 Å². The lowest BCUT2D eigenvalue weighted by Gasteiger charge is -2.23. The van der Waals surface area contributed by atoms with Crippen molar-refractivity contribution in [2.24, 2.45) is 5.92 Å². The smallest absolute Gasteiger partial charge is 0.246 e. The molecule has 4 aromatic rings. The van der Waals surface area contributed by atoms with Crippen LogP contribution in [0.15, 0.2) is 91.3 Å². The second-order valence-corrected chi connectivity index (χ2v) is 9.26. The van der Waals surface area contributed by atoms with Crippen LogP contribution < -0.4 is 4.74 Å². The molecule has 1 aromatic heterocycles. The van der Waals surface area contributed by atoms with Crippen LogP contribution >= 0.6 is 0 Å². The highest BCUT2D eigenvalue weighted by Gasteiger charge is 2.39. The van der Waals surface area contributed by atoms with E-state index in [2.05, 4.69) is 22.3 Å². The van der Waals surface area contributed by atoms with Gasteiger partial charge in [-0.25, -0.2) is 4.39 Å². The SMILES string of the molecule is O=C(Cc1ccc(Oc2ccc(F)cc2)cc1)[C@@H]1C[C@@H](Cc2ccccc2)CN1C(=O)Cn1nccn1. The van der Waals surface area contributed by atoms with Gasteiger partial charge in [0.15, 0.2) is 5.78 Å². The molecular weight excluding hydrogens is 471 g/mol. The number of hydrogen-bond acceptors (Lipinski definition) is 5. The molecule has 0 bridgehead atoms. The third kappa shape index (κ3) is 6.27. The molecule has 0 unspecified atom stereocenters. The Hall–Kier alpha value is -4.33. The molecule has 1 amide bonds. The van der Waals surface area contributed by atoms with Crippen LogP contribution in [0, 0.1) is 11.7 Å². The van der Waals surface area contributed by atoms with Crippen molar-refractivity contribution in [3.63, 3.8) is 0 Å². The molecule has 1 fully saturated rings. The number of amides is 1. The van der Waals surface area contributed by atoms with Crippen molar-refractivity contribution in [3.8, 4) is 11.5 Å². The van der Waals surface area contributed by atoms with Gasteiger partial charge in [-0.05, 0) is 66.3 Å². The van der Waals surface area contributed by atoms with Gasteiger partial charge in [0.25, 0.3) is 0 Å². The van der Waals surface area contributed by atoms with E-state index in [1.54, 1.807) is 29.2 Å². The molecular formula is C29H27FN4O3. The van der Waals surface area contributed by atoms with E-state index in [4.69, 9.17) is 4.74 Å². The number of rotatable bonds is 9. The summed E-state index contributed by atoms with van der Waals surface area (Å²) in [6, 6.07) is 22.7. The molecule has 188 valence electrons. The topological polar surface area (TPSA) is 77.3 Å². The predicted octanol–water partition coefficient (Wildman–Crippen LogP) is 4.48. The maximum Gasteiger partial charge on any atom is 0.246 e. The number of benzene rings is 3. The molecule has 0 radical (unpaired) electrons. The molecule has 0 spiro atoms. The average Bonchev–Trinajstić information content (AvgIpc) is 3.57. The summed E-state index contributed by atoms with van der Waals surface area (Å²) < 4.78 is 18.9. The molecule has 3 aromatic carbocycles. The first kappa shape index (κ1) is 24.4. The molecule has 1 aliphatic rings. The molecule has 7 nitrogen and oxygen atoms in total. The Morgan fingerprint density at radius 3 is 2.19 bits per heavy atom. The Morgan fingerprint density at radius 2 is 1.51 bits per heavy atom. The first-order chi connectivity index (χ1) is 18.0. The average molecular weight is 499 g/mol. The summed E-state index contributed by atoms with van der Waals surface area (Å²) in [5, 5.41) is 8.07.